The Hall–Kier alpha value is -0.950. The highest BCUT2D eigenvalue weighted by Gasteiger charge is 2.10. The van der Waals surface area contributed by atoms with Crippen molar-refractivity contribution in [3.63, 3.8) is 0 Å². The molecule has 0 aromatic heterocycles. The fourth-order valence-corrected chi connectivity index (χ4v) is 1.89. The Balaban J connectivity index is 2.90. The molecule has 0 bridgehead atoms. The van der Waals surface area contributed by atoms with Gasteiger partial charge in [-0.15, -0.1) is 0 Å². The van der Waals surface area contributed by atoms with E-state index in [2.05, 4.69) is 11.4 Å². The highest BCUT2D eigenvalue weighted by atomic mass is 35.5. The highest BCUT2D eigenvalue weighted by Crippen LogP contribution is 2.32. The fourth-order valence-electron chi connectivity index (χ4n) is 1.28. The number of nitriles is 1. The largest absolute Gasteiger partial charge is 0.495 e. The van der Waals surface area contributed by atoms with Gasteiger partial charge in [0.15, 0.2) is 0 Å². The molecule has 0 heterocycles. The number of nitrogens with zero attached hydrogens (tertiary/aromatic N) is 1. The maximum Gasteiger partial charge on any atom is 0.142 e. The number of hydrogen-bond donors (Lipinski definition) is 1. The molecule has 3 nitrogen and oxygen atoms in total. The SMILES string of the molecule is COc1c(Cl)cc(Cl)cc1CNC(C)C#N. The number of ether oxygens (including phenoxy) is 1. The first kappa shape index (κ1) is 13.1. The molecule has 0 amide bonds. The zero-order chi connectivity index (χ0) is 12.1. The van der Waals surface area contributed by atoms with E-state index in [1.54, 1.807) is 26.2 Å². The van der Waals surface area contributed by atoms with E-state index in [0.717, 1.165) is 5.56 Å². The van der Waals surface area contributed by atoms with Gasteiger partial charge in [0.1, 0.15) is 5.75 Å². The van der Waals surface area contributed by atoms with Crippen molar-refractivity contribution in [2.24, 2.45) is 0 Å². The van der Waals surface area contributed by atoms with Crippen molar-refractivity contribution >= 4 is 23.2 Å². The standard InChI is InChI=1S/C11H12Cl2N2O/c1-7(5-14)15-6-8-3-9(12)4-10(13)11(8)16-2/h3-4,7,15H,6H2,1-2H3. The van der Waals surface area contributed by atoms with Crippen molar-refractivity contribution in [3.05, 3.63) is 27.7 Å². The summed E-state index contributed by atoms with van der Waals surface area (Å²) in [5, 5.41) is 12.7. The Morgan fingerprint density at radius 3 is 2.75 bits per heavy atom. The van der Waals surface area contributed by atoms with Crippen LogP contribution in [0.5, 0.6) is 5.75 Å². The lowest BCUT2D eigenvalue weighted by Crippen LogP contribution is -2.23. The monoisotopic (exact) mass is 258 g/mol. The van der Waals surface area contributed by atoms with Gasteiger partial charge in [-0.1, -0.05) is 23.2 Å². The van der Waals surface area contributed by atoms with Crippen LogP contribution in [-0.2, 0) is 6.54 Å². The molecule has 1 aromatic carbocycles. The van der Waals surface area contributed by atoms with Crippen LogP contribution in [0.4, 0.5) is 0 Å². The number of hydrogen-bond acceptors (Lipinski definition) is 3. The first-order chi connectivity index (χ1) is 7.58. The van der Waals surface area contributed by atoms with E-state index in [-0.39, 0.29) is 6.04 Å². The van der Waals surface area contributed by atoms with Gasteiger partial charge in [0.05, 0.1) is 24.2 Å². The molecule has 0 saturated carbocycles. The van der Waals surface area contributed by atoms with E-state index in [1.165, 1.54) is 0 Å². The molecule has 1 N–H and O–H groups in total. The minimum absolute atomic E-state index is 0.234. The van der Waals surface area contributed by atoms with Gasteiger partial charge >= 0.3 is 0 Å². The average molecular weight is 259 g/mol. The van der Waals surface area contributed by atoms with Crippen LogP contribution in [0, 0.1) is 11.3 Å². The van der Waals surface area contributed by atoms with Gasteiger partial charge < -0.3 is 4.74 Å². The Morgan fingerprint density at radius 2 is 2.19 bits per heavy atom. The summed E-state index contributed by atoms with van der Waals surface area (Å²) in [6, 6.07) is 5.24. The van der Waals surface area contributed by atoms with E-state index >= 15 is 0 Å². The second-order valence-electron chi connectivity index (χ2n) is 3.31. The maximum atomic E-state index is 8.65. The predicted molar refractivity (Wildman–Crippen MR) is 64.9 cm³/mol. The van der Waals surface area contributed by atoms with Crippen LogP contribution in [0.15, 0.2) is 12.1 Å². The summed E-state index contributed by atoms with van der Waals surface area (Å²) in [7, 11) is 1.55. The molecule has 5 heteroatoms. The van der Waals surface area contributed by atoms with E-state index in [9.17, 15) is 0 Å². The van der Waals surface area contributed by atoms with Gasteiger partial charge in [-0.2, -0.15) is 5.26 Å². The molecule has 1 unspecified atom stereocenters. The minimum atomic E-state index is -0.234. The summed E-state index contributed by atoms with van der Waals surface area (Å²) in [5.74, 6) is 0.587. The van der Waals surface area contributed by atoms with Crippen molar-refractivity contribution in [2.45, 2.75) is 19.5 Å². The van der Waals surface area contributed by atoms with Crippen LogP contribution in [-0.4, -0.2) is 13.2 Å². The molecule has 1 aromatic rings. The molecule has 0 spiro atoms. The molecular formula is C11H12Cl2N2O. The lowest BCUT2D eigenvalue weighted by atomic mass is 10.2. The number of rotatable bonds is 4. The summed E-state index contributed by atoms with van der Waals surface area (Å²) < 4.78 is 5.18. The molecule has 0 aliphatic heterocycles. The summed E-state index contributed by atoms with van der Waals surface area (Å²) in [4.78, 5) is 0. The van der Waals surface area contributed by atoms with Crippen molar-refractivity contribution in [3.8, 4) is 11.8 Å². The molecule has 0 fully saturated rings. The number of methoxy groups -OCH3 is 1. The number of nitrogens with one attached hydrogen (secondary N) is 1. The van der Waals surface area contributed by atoms with Crippen molar-refractivity contribution in [1.82, 2.24) is 5.32 Å². The van der Waals surface area contributed by atoms with Crippen LogP contribution < -0.4 is 10.1 Å². The van der Waals surface area contributed by atoms with Crippen molar-refractivity contribution in [2.75, 3.05) is 7.11 Å². The van der Waals surface area contributed by atoms with E-state index in [1.807, 2.05) is 0 Å². The Morgan fingerprint density at radius 1 is 1.50 bits per heavy atom. The van der Waals surface area contributed by atoms with Gasteiger partial charge in [-0.05, 0) is 19.1 Å². The third kappa shape index (κ3) is 3.28. The smallest absolute Gasteiger partial charge is 0.142 e. The Kier molecular flexibility index (Phi) is 4.88. The topological polar surface area (TPSA) is 45.0 Å². The Bertz CT molecular complexity index is 415. The zero-order valence-electron chi connectivity index (χ0n) is 9.05. The molecule has 0 aliphatic rings. The highest BCUT2D eigenvalue weighted by molar-refractivity contribution is 6.35. The van der Waals surface area contributed by atoms with E-state index in [0.29, 0.717) is 22.3 Å². The number of halogens is 2. The molecule has 0 radical (unpaired) electrons. The zero-order valence-corrected chi connectivity index (χ0v) is 10.6. The van der Waals surface area contributed by atoms with Crippen LogP contribution in [0.3, 0.4) is 0 Å². The first-order valence-corrected chi connectivity index (χ1v) is 5.49. The summed E-state index contributed by atoms with van der Waals surface area (Å²) in [5.41, 5.74) is 0.835. The van der Waals surface area contributed by atoms with Gasteiger partial charge in [-0.25, -0.2) is 0 Å². The molecule has 0 saturated heterocycles. The molecule has 0 aliphatic carbocycles. The van der Waals surface area contributed by atoms with Gasteiger partial charge in [0, 0.05) is 17.1 Å². The molecule has 1 rings (SSSR count). The normalized spacial score (nSPS) is 11.9. The quantitative estimate of drug-likeness (QED) is 0.903. The Labute approximate surface area is 105 Å². The summed E-state index contributed by atoms with van der Waals surface area (Å²) in [6.07, 6.45) is 0. The van der Waals surface area contributed by atoms with Crippen LogP contribution >= 0.6 is 23.2 Å². The van der Waals surface area contributed by atoms with Gasteiger partial charge in [0.25, 0.3) is 0 Å². The summed E-state index contributed by atoms with van der Waals surface area (Å²) in [6.45, 7) is 2.26. The van der Waals surface area contributed by atoms with Gasteiger partial charge in [-0.3, -0.25) is 5.32 Å². The predicted octanol–water partition coefficient (Wildman–Crippen LogP) is 3.00. The van der Waals surface area contributed by atoms with Crippen LogP contribution in [0.2, 0.25) is 10.0 Å². The van der Waals surface area contributed by atoms with Crippen LogP contribution in [0.25, 0.3) is 0 Å². The van der Waals surface area contributed by atoms with E-state index < -0.39 is 0 Å². The molecule has 16 heavy (non-hydrogen) atoms. The minimum Gasteiger partial charge on any atom is -0.495 e. The average Bonchev–Trinajstić information content (AvgIpc) is 2.25. The van der Waals surface area contributed by atoms with Crippen molar-refractivity contribution in [1.29, 1.82) is 5.26 Å². The molecule has 86 valence electrons. The lowest BCUT2D eigenvalue weighted by Gasteiger charge is -2.12. The maximum absolute atomic E-state index is 8.65. The summed E-state index contributed by atoms with van der Waals surface area (Å²) >= 11 is 11.9. The number of benzene rings is 1. The van der Waals surface area contributed by atoms with E-state index in [4.69, 9.17) is 33.2 Å². The lowest BCUT2D eigenvalue weighted by molar-refractivity contribution is 0.407. The second-order valence-corrected chi connectivity index (χ2v) is 4.16. The third-order valence-electron chi connectivity index (χ3n) is 2.08. The first-order valence-electron chi connectivity index (χ1n) is 4.73. The van der Waals surface area contributed by atoms with Crippen LogP contribution in [0.1, 0.15) is 12.5 Å². The fraction of sp³-hybridized carbons (Fsp3) is 0.364. The molecular weight excluding hydrogens is 247 g/mol. The molecule has 1 atom stereocenters. The van der Waals surface area contributed by atoms with Gasteiger partial charge in [0.2, 0.25) is 0 Å². The van der Waals surface area contributed by atoms with Crippen molar-refractivity contribution < 1.29 is 4.74 Å². The third-order valence-corrected chi connectivity index (χ3v) is 2.58. The second kappa shape index (κ2) is 5.95.